The van der Waals surface area contributed by atoms with Gasteiger partial charge in [0, 0.05) is 25.7 Å². The monoisotopic (exact) mass is 1480 g/mol. The Balaban J connectivity index is 5.21. The molecule has 0 saturated heterocycles. The molecule has 0 aromatic rings. The van der Waals surface area contributed by atoms with Gasteiger partial charge in [-0.15, -0.1) is 0 Å². The molecule has 19 heteroatoms. The van der Waals surface area contributed by atoms with Crippen LogP contribution in [-0.2, 0) is 65.4 Å². The van der Waals surface area contributed by atoms with Crippen LogP contribution in [0.4, 0.5) is 0 Å². The molecule has 3 N–H and O–H groups in total. The first-order valence-electron chi connectivity index (χ1n) is 42.7. The van der Waals surface area contributed by atoms with E-state index in [1.807, 2.05) is 0 Å². The fourth-order valence-corrected chi connectivity index (χ4v) is 14.3. The molecule has 600 valence electrons. The minimum Gasteiger partial charge on any atom is -0.462 e. The summed E-state index contributed by atoms with van der Waals surface area (Å²) in [5.41, 5.74) is 0. The second-order valence-corrected chi connectivity index (χ2v) is 32.7. The number of aliphatic hydroxyl groups excluding tert-OH is 1. The van der Waals surface area contributed by atoms with E-state index in [1.54, 1.807) is 0 Å². The molecule has 0 aliphatic heterocycles. The smallest absolute Gasteiger partial charge is 0.462 e. The summed E-state index contributed by atoms with van der Waals surface area (Å²) >= 11 is 0. The maximum Gasteiger partial charge on any atom is 0.472 e. The number of ether oxygens (including phenoxy) is 4. The SMILES string of the molecule is CCCCCCCCCCCCCCCCCCCCCCC(=O)O[C@H](COC(=O)CCCCCCCCCCCCCCCCC(C)CC)COP(=O)(O)OC[C@@H](O)COP(=O)(O)OC[C@@H](COC(=O)CCCCCCCCCCC)OC(=O)CCCCCCCCCCCCCCCC. The normalized spacial score (nSPS) is 14.1. The van der Waals surface area contributed by atoms with Crippen molar-refractivity contribution in [3.63, 3.8) is 0 Å². The Morgan fingerprint density at radius 2 is 0.475 bits per heavy atom. The van der Waals surface area contributed by atoms with Gasteiger partial charge in [0.1, 0.15) is 19.3 Å². The van der Waals surface area contributed by atoms with Crippen molar-refractivity contribution in [3.8, 4) is 0 Å². The summed E-state index contributed by atoms with van der Waals surface area (Å²) in [6.45, 7) is 7.38. The Hall–Kier alpha value is -1.94. The largest absolute Gasteiger partial charge is 0.472 e. The maximum atomic E-state index is 13.1. The molecule has 0 radical (unpaired) electrons. The van der Waals surface area contributed by atoms with Crippen molar-refractivity contribution in [2.45, 2.75) is 457 Å². The lowest BCUT2D eigenvalue weighted by Gasteiger charge is -2.21. The molecule has 0 aliphatic carbocycles. The number of carbonyl (C=O) groups excluding carboxylic acids is 4. The third-order valence-electron chi connectivity index (χ3n) is 19.6. The summed E-state index contributed by atoms with van der Waals surface area (Å²) in [6, 6.07) is 0. The lowest BCUT2D eigenvalue weighted by atomic mass is 9.99. The van der Waals surface area contributed by atoms with Crippen LogP contribution in [-0.4, -0.2) is 96.7 Å². The Morgan fingerprint density at radius 3 is 0.703 bits per heavy atom. The van der Waals surface area contributed by atoms with Gasteiger partial charge in [-0.2, -0.15) is 0 Å². The Bertz CT molecular complexity index is 1930. The highest BCUT2D eigenvalue weighted by Gasteiger charge is 2.30. The maximum absolute atomic E-state index is 13.1. The van der Waals surface area contributed by atoms with Crippen LogP contribution in [0.25, 0.3) is 0 Å². The first-order chi connectivity index (χ1) is 49.1. The highest BCUT2D eigenvalue weighted by Crippen LogP contribution is 2.45. The second kappa shape index (κ2) is 74.9. The third-order valence-corrected chi connectivity index (χ3v) is 21.5. The Morgan fingerprint density at radius 1 is 0.277 bits per heavy atom. The van der Waals surface area contributed by atoms with Crippen LogP contribution < -0.4 is 0 Å². The number of esters is 4. The summed E-state index contributed by atoms with van der Waals surface area (Å²) in [5.74, 6) is -1.26. The topological polar surface area (TPSA) is 237 Å². The minimum absolute atomic E-state index is 0.108. The molecule has 3 unspecified atom stereocenters. The quantitative estimate of drug-likeness (QED) is 0.0222. The van der Waals surface area contributed by atoms with E-state index < -0.39 is 97.5 Å². The van der Waals surface area contributed by atoms with E-state index in [4.69, 9.17) is 37.0 Å². The van der Waals surface area contributed by atoms with Crippen molar-refractivity contribution in [3.05, 3.63) is 0 Å². The number of hydrogen-bond acceptors (Lipinski definition) is 15. The van der Waals surface area contributed by atoms with Crippen molar-refractivity contribution >= 4 is 39.5 Å². The number of carbonyl (C=O) groups is 4. The Labute approximate surface area is 619 Å². The molecule has 0 bridgehead atoms. The molecule has 0 heterocycles. The van der Waals surface area contributed by atoms with Gasteiger partial charge in [0.2, 0.25) is 0 Å². The van der Waals surface area contributed by atoms with Crippen LogP contribution in [0.5, 0.6) is 0 Å². The number of aliphatic hydroxyl groups is 1. The average molecular weight is 1480 g/mol. The molecule has 17 nitrogen and oxygen atoms in total. The standard InChI is InChI=1S/C82H160O17P2/c1-6-10-13-16-19-22-24-26-28-29-30-31-32-33-39-43-48-53-58-63-68-82(87)99-78(72-93-80(85)66-61-56-51-46-41-38-35-34-36-40-45-49-54-59-64-75(5)9-4)74-97-101(90,91)95-70-76(83)69-94-100(88,89)96-73-77(71-92-79(84)65-60-55-50-44-21-18-15-12-8-3)98-81(86)67-62-57-52-47-42-37-27-25-23-20-17-14-11-7-2/h75-78,83H,6-74H2,1-5H3,(H,88,89)(H,90,91)/t75?,76-,77+,78+/m0/s1. The van der Waals surface area contributed by atoms with Crippen LogP contribution in [0.15, 0.2) is 0 Å². The first kappa shape index (κ1) is 99.1. The van der Waals surface area contributed by atoms with Gasteiger partial charge < -0.3 is 33.8 Å². The molecule has 6 atom stereocenters. The van der Waals surface area contributed by atoms with Crippen molar-refractivity contribution in [1.82, 2.24) is 0 Å². The molecule has 0 spiro atoms. The van der Waals surface area contributed by atoms with Crippen LogP contribution in [0.2, 0.25) is 0 Å². The number of phosphoric ester groups is 2. The van der Waals surface area contributed by atoms with E-state index in [9.17, 15) is 43.2 Å². The molecule has 0 fully saturated rings. The number of hydrogen-bond donors (Lipinski definition) is 3. The molecular formula is C82H160O17P2. The molecule has 0 aliphatic rings. The van der Waals surface area contributed by atoms with Gasteiger partial charge in [0.05, 0.1) is 26.4 Å². The molecule has 0 rings (SSSR count). The van der Waals surface area contributed by atoms with Crippen molar-refractivity contribution in [2.24, 2.45) is 5.92 Å². The first-order valence-corrected chi connectivity index (χ1v) is 45.7. The lowest BCUT2D eigenvalue weighted by molar-refractivity contribution is -0.161. The molecule has 0 aromatic carbocycles. The summed E-state index contributed by atoms with van der Waals surface area (Å²) in [7, 11) is -9.92. The third kappa shape index (κ3) is 74.7. The zero-order valence-corrected chi connectivity index (χ0v) is 67.8. The summed E-state index contributed by atoms with van der Waals surface area (Å²) < 4.78 is 68.7. The highest BCUT2D eigenvalue weighted by atomic mass is 31.2. The van der Waals surface area contributed by atoms with E-state index in [0.717, 1.165) is 95.8 Å². The van der Waals surface area contributed by atoms with Crippen molar-refractivity contribution < 1.29 is 80.2 Å². The average Bonchev–Trinajstić information content (AvgIpc) is 0.940. The van der Waals surface area contributed by atoms with Gasteiger partial charge in [-0.1, -0.05) is 388 Å². The minimum atomic E-state index is -4.96. The van der Waals surface area contributed by atoms with E-state index in [2.05, 4.69) is 34.6 Å². The fourth-order valence-electron chi connectivity index (χ4n) is 12.7. The predicted octanol–water partition coefficient (Wildman–Crippen LogP) is 24.8. The van der Waals surface area contributed by atoms with E-state index in [0.29, 0.717) is 25.7 Å². The fraction of sp³-hybridized carbons (Fsp3) is 0.951. The molecular weight excluding hydrogens is 1320 g/mol. The lowest BCUT2D eigenvalue weighted by Crippen LogP contribution is -2.30. The van der Waals surface area contributed by atoms with Crippen LogP contribution >= 0.6 is 15.6 Å². The predicted molar refractivity (Wildman–Crippen MR) is 414 cm³/mol. The molecule has 0 saturated carbocycles. The highest BCUT2D eigenvalue weighted by molar-refractivity contribution is 7.47. The van der Waals surface area contributed by atoms with Gasteiger partial charge in [-0.05, 0) is 31.6 Å². The van der Waals surface area contributed by atoms with Crippen molar-refractivity contribution in [1.29, 1.82) is 0 Å². The number of unbranched alkanes of at least 4 members (excludes halogenated alkanes) is 53. The van der Waals surface area contributed by atoms with Gasteiger partial charge in [0.25, 0.3) is 0 Å². The van der Waals surface area contributed by atoms with Gasteiger partial charge in [-0.3, -0.25) is 37.3 Å². The van der Waals surface area contributed by atoms with E-state index >= 15 is 0 Å². The molecule has 0 aromatic heterocycles. The zero-order valence-electron chi connectivity index (χ0n) is 66.1. The molecule has 0 amide bonds. The summed E-state index contributed by atoms with van der Waals surface area (Å²) in [6.07, 6.45) is 66.5. The van der Waals surface area contributed by atoms with E-state index in [1.165, 1.54) is 263 Å². The summed E-state index contributed by atoms with van der Waals surface area (Å²) in [4.78, 5) is 73.0. The van der Waals surface area contributed by atoms with Crippen LogP contribution in [0, 0.1) is 5.92 Å². The Kier molecular flexibility index (Phi) is 73.5. The zero-order chi connectivity index (χ0) is 74.1. The number of rotatable bonds is 82. The number of phosphoric acid groups is 2. The van der Waals surface area contributed by atoms with E-state index in [-0.39, 0.29) is 25.7 Å². The van der Waals surface area contributed by atoms with Crippen LogP contribution in [0.1, 0.15) is 439 Å². The van der Waals surface area contributed by atoms with Crippen LogP contribution in [0.3, 0.4) is 0 Å². The molecule has 101 heavy (non-hydrogen) atoms. The summed E-state index contributed by atoms with van der Waals surface area (Å²) in [5, 5.41) is 10.6. The van der Waals surface area contributed by atoms with Gasteiger partial charge >= 0.3 is 39.5 Å². The second-order valence-electron chi connectivity index (χ2n) is 29.8. The van der Waals surface area contributed by atoms with Gasteiger partial charge in [0.15, 0.2) is 12.2 Å². The van der Waals surface area contributed by atoms with Crippen molar-refractivity contribution in [2.75, 3.05) is 39.6 Å². The van der Waals surface area contributed by atoms with Gasteiger partial charge in [-0.25, -0.2) is 9.13 Å².